The first-order chi connectivity index (χ1) is 8.68. The van der Waals surface area contributed by atoms with Gasteiger partial charge in [-0.15, -0.1) is 0 Å². The summed E-state index contributed by atoms with van der Waals surface area (Å²) in [6, 6.07) is 3.20. The van der Waals surface area contributed by atoms with Crippen LogP contribution in [0.2, 0.25) is 0 Å². The molecule has 0 spiro atoms. The molecule has 2 amide bonds. The molecule has 1 aromatic rings. The molecule has 0 radical (unpaired) electrons. The van der Waals surface area contributed by atoms with Crippen molar-refractivity contribution in [2.24, 2.45) is 0 Å². The Morgan fingerprint density at radius 2 is 2.17 bits per heavy atom. The normalized spacial score (nSPS) is 17.3. The maximum atomic E-state index is 11.9. The zero-order chi connectivity index (χ0) is 13.0. The van der Waals surface area contributed by atoms with Crippen molar-refractivity contribution in [1.82, 2.24) is 15.5 Å². The fourth-order valence-corrected chi connectivity index (χ4v) is 1.88. The maximum Gasteiger partial charge on any atom is 0.311 e. The predicted molar refractivity (Wildman–Crippen MR) is 64.7 cm³/mol. The highest BCUT2D eigenvalue weighted by Crippen LogP contribution is 2.12. The van der Waals surface area contributed by atoms with E-state index in [4.69, 9.17) is 4.42 Å². The minimum atomic E-state index is -0.583. The largest absolute Gasteiger partial charge is 0.467 e. The monoisotopic (exact) mass is 251 g/mol. The van der Waals surface area contributed by atoms with E-state index < -0.39 is 11.8 Å². The van der Waals surface area contributed by atoms with Crippen LogP contribution in [0.3, 0.4) is 0 Å². The molecule has 2 N–H and O–H groups in total. The SMILES string of the molecule is CC(NC(=O)C(=O)N1CCNCC1)c1ccco1. The van der Waals surface area contributed by atoms with Crippen LogP contribution in [0.1, 0.15) is 18.7 Å². The summed E-state index contributed by atoms with van der Waals surface area (Å²) in [6.45, 7) is 4.38. The van der Waals surface area contributed by atoms with Gasteiger partial charge in [-0.25, -0.2) is 0 Å². The Bertz CT molecular complexity index is 410. The van der Waals surface area contributed by atoms with Crippen LogP contribution >= 0.6 is 0 Å². The third-order valence-electron chi connectivity index (χ3n) is 2.92. The van der Waals surface area contributed by atoms with E-state index in [0.29, 0.717) is 18.8 Å². The number of nitrogens with one attached hydrogen (secondary N) is 2. The van der Waals surface area contributed by atoms with E-state index in [1.165, 1.54) is 6.26 Å². The van der Waals surface area contributed by atoms with Gasteiger partial charge in [0.05, 0.1) is 12.3 Å². The molecule has 1 aromatic heterocycles. The van der Waals surface area contributed by atoms with Crippen molar-refractivity contribution in [3.63, 3.8) is 0 Å². The van der Waals surface area contributed by atoms with Crippen LogP contribution in [0, 0.1) is 0 Å². The van der Waals surface area contributed by atoms with Crippen LogP contribution < -0.4 is 10.6 Å². The molecule has 2 heterocycles. The Morgan fingerprint density at radius 3 is 2.78 bits per heavy atom. The minimum absolute atomic E-state index is 0.306. The summed E-state index contributed by atoms with van der Waals surface area (Å²) in [6.07, 6.45) is 1.54. The molecular weight excluding hydrogens is 234 g/mol. The highest BCUT2D eigenvalue weighted by molar-refractivity contribution is 6.35. The van der Waals surface area contributed by atoms with Crippen LogP contribution in [-0.2, 0) is 9.59 Å². The number of amides is 2. The lowest BCUT2D eigenvalue weighted by Gasteiger charge is -2.27. The van der Waals surface area contributed by atoms with Gasteiger partial charge in [-0.05, 0) is 19.1 Å². The van der Waals surface area contributed by atoms with Gasteiger partial charge >= 0.3 is 11.8 Å². The number of hydrogen-bond acceptors (Lipinski definition) is 4. The van der Waals surface area contributed by atoms with Crippen molar-refractivity contribution in [3.8, 4) is 0 Å². The van der Waals surface area contributed by atoms with Crippen molar-refractivity contribution in [2.45, 2.75) is 13.0 Å². The third-order valence-corrected chi connectivity index (χ3v) is 2.92. The van der Waals surface area contributed by atoms with E-state index in [2.05, 4.69) is 10.6 Å². The summed E-state index contributed by atoms with van der Waals surface area (Å²) in [7, 11) is 0. The molecule has 18 heavy (non-hydrogen) atoms. The molecule has 6 nitrogen and oxygen atoms in total. The van der Waals surface area contributed by atoms with Crippen molar-refractivity contribution in [2.75, 3.05) is 26.2 Å². The predicted octanol–water partition coefficient (Wildman–Crippen LogP) is -0.111. The highest BCUT2D eigenvalue weighted by atomic mass is 16.3. The molecule has 6 heteroatoms. The van der Waals surface area contributed by atoms with Gasteiger partial charge in [-0.1, -0.05) is 0 Å². The van der Waals surface area contributed by atoms with Gasteiger partial charge in [0.1, 0.15) is 5.76 Å². The lowest BCUT2D eigenvalue weighted by Crippen LogP contribution is -2.51. The Kier molecular flexibility index (Phi) is 3.99. The van der Waals surface area contributed by atoms with Gasteiger partial charge < -0.3 is 20.0 Å². The van der Waals surface area contributed by atoms with Gasteiger partial charge in [-0.3, -0.25) is 9.59 Å². The molecule has 1 unspecified atom stereocenters. The zero-order valence-electron chi connectivity index (χ0n) is 10.3. The molecule has 0 aromatic carbocycles. The number of furan rings is 1. The molecule has 98 valence electrons. The summed E-state index contributed by atoms with van der Waals surface area (Å²) in [4.78, 5) is 25.2. The summed E-state index contributed by atoms with van der Waals surface area (Å²) in [5.41, 5.74) is 0. The molecule has 1 aliphatic rings. The van der Waals surface area contributed by atoms with Crippen molar-refractivity contribution < 1.29 is 14.0 Å². The van der Waals surface area contributed by atoms with E-state index in [0.717, 1.165) is 13.1 Å². The van der Waals surface area contributed by atoms with Gasteiger partial charge in [0.2, 0.25) is 0 Å². The standard InChI is InChI=1S/C12H17N3O3/c1-9(10-3-2-8-18-10)14-11(16)12(17)15-6-4-13-5-7-15/h2-3,8-9,13H,4-7H2,1H3,(H,14,16). The first kappa shape index (κ1) is 12.6. The Morgan fingerprint density at radius 1 is 1.44 bits per heavy atom. The Balaban J connectivity index is 1.89. The van der Waals surface area contributed by atoms with E-state index in [-0.39, 0.29) is 6.04 Å². The molecule has 0 aliphatic carbocycles. The Hall–Kier alpha value is -1.82. The lowest BCUT2D eigenvalue weighted by atomic mass is 10.2. The molecule has 1 saturated heterocycles. The maximum absolute atomic E-state index is 11.9. The summed E-state index contributed by atoms with van der Waals surface area (Å²) in [5.74, 6) is -0.424. The highest BCUT2D eigenvalue weighted by Gasteiger charge is 2.24. The van der Waals surface area contributed by atoms with Gasteiger partial charge in [0.15, 0.2) is 0 Å². The molecular formula is C12H17N3O3. The average molecular weight is 251 g/mol. The Labute approximate surface area is 105 Å². The second kappa shape index (κ2) is 5.68. The fourth-order valence-electron chi connectivity index (χ4n) is 1.88. The van der Waals surface area contributed by atoms with Crippen LogP contribution in [-0.4, -0.2) is 42.9 Å². The number of carbonyl (C=O) groups excluding carboxylic acids is 2. The second-order valence-electron chi connectivity index (χ2n) is 4.25. The fraction of sp³-hybridized carbons (Fsp3) is 0.500. The van der Waals surface area contributed by atoms with Gasteiger partial charge in [0, 0.05) is 26.2 Å². The number of hydrogen-bond donors (Lipinski definition) is 2. The van der Waals surface area contributed by atoms with Gasteiger partial charge in [-0.2, -0.15) is 0 Å². The molecule has 0 bridgehead atoms. The second-order valence-corrected chi connectivity index (χ2v) is 4.25. The molecule has 0 saturated carbocycles. The number of rotatable bonds is 2. The molecule has 1 fully saturated rings. The number of carbonyl (C=O) groups is 2. The average Bonchev–Trinajstić information content (AvgIpc) is 2.92. The summed E-state index contributed by atoms with van der Waals surface area (Å²) in [5, 5.41) is 5.77. The van der Waals surface area contributed by atoms with Crippen molar-refractivity contribution in [3.05, 3.63) is 24.2 Å². The third kappa shape index (κ3) is 2.89. The van der Waals surface area contributed by atoms with E-state index >= 15 is 0 Å². The molecule has 2 rings (SSSR count). The topological polar surface area (TPSA) is 74.6 Å². The quantitative estimate of drug-likeness (QED) is 0.719. The number of piperazine rings is 1. The van der Waals surface area contributed by atoms with Gasteiger partial charge in [0.25, 0.3) is 0 Å². The van der Waals surface area contributed by atoms with E-state index in [1.807, 2.05) is 0 Å². The minimum Gasteiger partial charge on any atom is -0.467 e. The van der Waals surface area contributed by atoms with Crippen molar-refractivity contribution in [1.29, 1.82) is 0 Å². The van der Waals surface area contributed by atoms with Crippen molar-refractivity contribution >= 4 is 11.8 Å². The van der Waals surface area contributed by atoms with Crippen LogP contribution in [0.15, 0.2) is 22.8 Å². The smallest absolute Gasteiger partial charge is 0.311 e. The molecule has 1 aliphatic heterocycles. The van der Waals surface area contributed by atoms with Crippen LogP contribution in [0.5, 0.6) is 0 Å². The zero-order valence-corrected chi connectivity index (χ0v) is 10.3. The summed E-state index contributed by atoms with van der Waals surface area (Å²) < 4.78 is 5.17. The van der Waals surface area contributed by atoms with E-state index in [9.17, 15) is 9.59 Å². The first-order valence-electron chi connectivity index (χ1n) is 6.02. The lowest BCUT2D eigenvalue weighted by molar-refractivity contribution is -0.146. The first-order valence-corrected chi connectivity index (χ1v) is 6.02. The summed E-state index contributed by atoms with van der Waals surface area (Å²) >= 11 is 0. The number of nitrogens with zero attached hydrogens (tertiary/aromatic N) is 1. The van der Waals surface area contributed by atoms with E-state index in [1.54, 1.807) is 24.0 Å². The van der Waals surface area contributed by atoms with Crippen LogP contribution in [0.4, 0.5) is 0 Å². The van der Waals surface area contributed by atoms with Crippen LogP contribution in [0.25, 0.3) is 0 Å². The molecule has 1 atom stereocenters.